The van der Waals surface area contributed by atoms with E-state index in [1.54, 1.807) is 0 Å². The van der Waals surface area contributed by atoms with E-state index in [0.717, 1.165) is 36.1 Å². The van der Waals surface area contributed by atoms with E-state index >= 15 is 0 Å². The third-order valence-corrected chi connectivity index (χ3v) is 6.21. The van der Waals surface area contributed by atoms with Crippen molar-refractivity contribution in [2.24, 2.45) is 5.92 Å². The summed E-state index contributed by atoms with van der Waals surface area (Å²) in [6, 6.07) is 28.6. The maximum atomic E-state index is 13.2. The van der Waals surface area contributed by atoms with E-state index in [9.17, 15) is 9.59 Å². The molecule has 0 aromatic heterocycles. The Hall–Kier alpha value is -3.40. The zero-order valence-corrected chi connectivity index (χ0v) is 18.4. The number of hydrogen-bond acceptors (Lipinski definition) is 3. The van der Waals surface area contributed by atoms with Crippen LogP contribution in [0.2, 0.25) is 0 Å². The van der Waals surface area contributed by atoms with Gasteiger partial charge in [0.25, 0.3) is 0 Å². The molecule has 0 spiro atoms. The number of benzene rings is 3. The van der Waals surface area contributed by atoms with Crippen LogP contribution in [0.3, 0.4) is 0 Å². The Morgan fingerprint density at radius 3 is 2.28 bits per heavy atom. The van der Waals surface area contributed by atoms with Crippen molar-refractivity contribution in [1.82, 2.24) is 0 Å². The summed E-state index contributed by atoms with van der Waals surface area (Å²) >= 11 is 0. The van der Waals surface area contributed by atoms with Gasteiger partial charge in [-0.3, -0.25) is 9.59 Å². The number of para-hydroxylation sites is 1. The number of esters is 1. The van der Waals surface area contributed by atoms with Crippen LogP contribution in [-0.2, 0) is 27.2 Å². The van der Waals surface area contributed by atoms with Gasteiger partial charge in [0, 0.05) is 12.1 Å². The molecule has 4 rings (SSSR count). The average Bonchev–Trinajstić information content (AvgIpc) is 2.84. The van der Waals surface area contributed by atoms with Crippen LogP contribution in [0.15, 0.2) is 84.9 Å². The molecular formula is C28H29NO3. The summed E-state index contributed by atoms with van der Waals surface area (Å²) in [6.45, 7) is 0. The fourth-order valence-electron chi connectivity index (χ4n) is 4.54. The first-order valence-corrected chi connectivity index (χ1v) is 11.2. The van der Waals surface area contributed by atoms with Crippen molar-refractivity contribution in [3.05, 3.63) is 102 Å². The molecule has 0 N–H and O–H groups in total. The van der Waals surface area contributed by atoms with Gasteiger partial charge in [-0.15, -0.1) is 0 Å². The van der Waals surface area contributed by atoms with Gasteiger partial charge in [-0.1, -0.05) is 72.8 Å². The van der Waals surface area contributed by atoms with Crippen LogP contribution < -0.4 is 4.90 Å². The minimum Gasteiger partial charge on any atom is -0.469 e. The minimum atomic E-state index is -0.209. The smallest absolute Gasteiger partial charge is 0.305 e. The van der Waals surface area contributed by atoms with E-state index in [1.165, 1.54) is 12.7 Å². The fourth-order valence-corrected chi connectivity index (χ4v) is 4.54. The molecule has 1 aliphatic rings. The second kappa shape index (κ2) is 10.3. The molecule has 32 heavy (non-hydrogen) atoms. The van der Waals surface area contributed by atoms with Crippen LogP contribution in [0.25, 0.3) is 0 Å². The first-order chi connectivity index (χ1) is 15.7. The molecule has 1 fully saturated rings. The van der Waals surface area contributed by atoms with Gasteiger partial charge >= 0.3 is 5.97 Å². The number of carbonyl (C=O) groups is 2. The molecule has 1 aliphatic heterocycles. The minimum absolute atomic E-state index is 0.0127. The first kappa shape index (κ1) is 21.8. The van der Waals surface area contributed by atoms with Crippen LogP contribution in [0.1, 0.15) is 42.0 Å². The fraction of sp³-hybridized carbons (Fsp3) is 0.286. The number of anilines is 1. The highest BCUT2D eigenvalue weighted by Gasteiger charge is 2.48. The maximum Gasteiger partial charge on any atom is 0.305 e. The number of rotatable bonds is 9. The third-order valence-electron chi connectivity index (χ3n) is 6.21. The highest BCUT2D eigenvalue weighted by molar-refractivity contribution is 6.03. The van der Waals surface area contributed by atoms with E-state index in [0.29, 0.717) is 12.8 Å². The van der Waals surface area contributed by atoms with Gasteiger partial charge in [0.05, 0.1) is 19.1 Å². The molecule has 1 heterocycles. The number of hydrogen-bond donors (Lipinski definition) is 0. The Balaban J connectivity index is 1.53. The third kappa shape index (κ3) is 4.91. The van der Waals surface area contributed by atoms with Crippen molar-refractivity contribution in [3.8, 4) is 0 Å². The van der Waals surface area contributed by atoms with E-state index in [-0.39, 0.29) is 23.8 Å². The van der Waals surface area contributed by atoms with Gasteiger partial charge in [-0.25, -0.2) is 0 Å². The molecule has 3 aromatic rings. The molecule has 3 aromatic carbocycles. The maximum absolute atomic E-state index is 13.2. The molecule has 0 saturated carbocycles. The molecule has 0 unspecified atom stereocenters. The molecule has 0 radical (unpaired) electrons. The number of β-lactam (4-membered cyclic amide) rings is 1. The highest BCUT2D eigenvalue weighted by Crippen LogP contribution is 2.45. The predicted molar refractivity (Wildman–Crippen MR) is 126 cm³/mol. The number of aryl methyl sites for hydroxylation is 2. The molecule has 0 bridgehead atoms. The second-order valence-electron chi connectivity index (χ2n) is 8.29. The lowest BCUT2D eigenvalue weighted by Gasteiger charge is -2.48. The van der Waals surface area contributed by atoms with Crippen LogP contribution in [0, 0.1) is 5.92 Å². The summed E-state index contributed by atoms with van der Waals surface area (Å²) in [5.41, 5.74) is 4.45. The van der Waals surface area contributed by atoms with Crippen molar-refractivity contribution in [2.45, 2.75) is 38.1 Å². The summed E-state index contributed by atoms with van der Waals surface area (Å²) in [5, 5.41) is 0. The van der Waals surface area contributed by atoms with Crippen LogP contribution in [0.4, 0.5) is 5.69 Å². The second-order valence-corrected chi connectivity index (χ2v) is 8.29. The molecule has 4 nitrogen and oxygen atoms in total. The number of nitrogens with zero attached hydrogens (tertiary/aromatic N) is 1. The van der Waals surface area contributed by atoms with Gasteiger partial charge in [-0.2, -0.15) is 0 Å². The van der Waals surface area contributed by atoms with Gasteiger partial charge in [0.2, 0.25) is 5.91 Å². The largest absolute Gasteiger partial charge is 0.469 e. The van der Waals surface area contributed by atoms with E-state index in [2.05, 4.69) is 36.4 Å². The van der Waals surface area contributed by atoms with Gasteiger partial charge in [0.15, 0.2) is 0 Å². The van der Waals surface area contributed by atoms with E-state index < -0.39 is 0 Å². The number of carbonyl (C=O) groups excluding carboxylic acids is 2. The molecule has 1 saturated heterocycles. The number of ether oxygens (including phenoxy) is 1. The Labute approximate surface area is 189 Å². The highest BCUT2D eigenvalue weighted by atomic mass is 16.5. The monoisotopic (exact) mass is 427 g/mol. The Bertz CT molecular complexity index is 1050. The lowest BCUT2D eigenvalue weighted by Crippen LogP contribution is -2.55. The van der Waals surface area contributed by atoms with E-state index in [1.807, 2.05) is 53.4 Å². The molecule has 2 atom stereocenters. The molecule has 164 valence electrons. The van der Waals surface area contributed by atoms with Crippen LogP contribution >= 0.6 is 0 Å². The quantitative estimate of drug-likeness (QED) is 0.334. The predicted octanol–water partition coefficient (Wildman–Crippen LogP) is 5.52. The lowest BCUT2D eigenvalue weighted by atomic mass is 9.78. The Morgan fingerprint density at radius 1 is 0.875 bits per heavy atom. The first-order valence-electron chi connectivity index (χ1n) is 11.2. The summed E-state index contributed by atoms with van der Waals surface area (Å²) < 4.78 is 4.78. The van der Waals surface area contributed by atoms with Crippen LogP contribution in [0.5, 0.6) is 0 Å². The van der Waals surface area contributed by atoms with Crippen molar-refractivity contribution >= 4 is 17.6 Å². The Kier molecular flexibility index (Phi) is 7.00. The van der Waals surface area contributed by atoms with Gasteiger partial charge in [0.1, 0.15) is 0 Å². The molecule has 0 aliphatic carbocycles. The van der Waals surface area contributed by atoms with Crippen molar-refractivity contribution in [2.75, 3.05) is 12.0 Å². The zero-order chi connectivity index (χ0) is 22.3. The Morgan fingerprint density at radius 2 is 1.56 bits per heavy atom. The number of methoxy groups -OCH3 is 1. The summed E-state index contributed by atoms with van der Waals surface area (Å²) in [6.07, 6.45) is 3.79. The molecule has 1 amide bonds. The van der Waals surface area contributed by atoms with Gasteiger partial charge < -0.3 is 9.64 Å². The van der Waals surface area contributed by atoms with Crippen molar-refractivity contribution in [1.29, 1.82) is 0 Å². The normalized spacial score (nSPS) is 17.7. The topological polar surface area (TPSA) is 46.6 Å². The number of amides is 1. The van der Waals surface area contributed by atoms with Gasteiger partial charge in [-0.05, 0) is 54.5 Å². The summed E-state index contributed by atoms with van der Waals surface area (Å²) in [5.74, 6) is -0.0528. The van der Waals surface area contributed by atoms with E-state index in [4.69, 9.17) is 4.74 Å². The standard InChI is InChI=1S/C28H29NO3/c1-32-26(30)19-18-22-13-8-14-23(20-22)27-25(17-9-12-21-10-4-2-5-11-21)28(31)29(27)24-15-6-3-7-16-24/h2-8,10-11,13-16,20,25,27H,9,12,17-19H2,1H3/t25-,27-/m1/s1. The molecular weight excluding hydrogens is 398 g/mol. The SMILES string of the molecule is COC(=O)CCc1cccc([C@@H]2[C@@H](CCCc3ccccc3)C(=O)N2c2ccccc2)c1. The zero-order valence-electron chi connectivity index (χ0n) is 18.4. The lowest BCUT2D eigenvalue weighted by molar-refractivity contribution is -0.140. The molecule has 4 heteroatoms. The summed E-state index contributed by atoms with van der Waals surface area (Å²) in [7, 11) is 1.41. The average molecular weight is 428 g/mol. The van der Waals surface area contributed by atoms with Crippen molar-refractivity contribution < 1.29 is 14.3 Å². The van der Waals surface area contributed by atoms with Crippen LogP contribution in [-0.4, -0.2) is 19.0 Å². The van der Waals surface area contributed by atoms with Crippen molar-refractivity contribution in [3.63, 3.8) is 0 Å². The summed E-state index contributed by atoms with van der Waals surface area (Å²) in [4.78, 5) is 26.7.